The molecule has 0 radical (unpaired) electrons. The molecule has 0 bridgehead atoms. The van der Waals surface area contributed by atoms with Gasteiger partial charge in [0.25, 0.3) is 5.56 Å². The predicted molar refractivity (Wildman–Crippen MR) is 67.8 cm³/mol. The lowest BCUT2D eigenvalue weighted by atomic mass is 10.4. The Kier molecular flexibility index (Phi) is 3.36. The molecule has 2 aromatic heterocycles. The highest BCUT2D eigenvalue weighted by Crippen LogP contribution is 2.11. The van der Waals surface area contributed by atoms with Crippen LogP contribution in [0, 0.1) is 6.92 Å². The molecule has 0 amide bonds. The van der Waals surface area contributed by atoms with E-state index in [9.17, 15) is 9.59 Å². The lowest BCUT2D eigenvalue weighted by Gasteiger charge is -2.11. The minimum Gasteiger partial charge on any atom is -0.383 e. The van der Waals surface area contributed by atoms with E-state index in [0.29, 0.717) is 18.3 Å². The zero-order chi connectivity index (χ0) is 14.0. The number of nitrogens with two attached hydrogens (primary N) is 1. The first-order valence-electron chi connectivity index (χ1n) is 5.68. The van der Waals surface area contributed by atoms with E-state index in [1.807, 2.05) is 0 Å². The number of nitrogen functional groups attached to an aromatic ring is 1. The number of hydrogen-bond donors (Lipinski definition) is 3. The molecule has 102 valence electrons. The van der Waals surface area contributed by atoms with E-state index in [1.165, 1.54) is 4.57 Å². The quantitative estimate of drug-likeness (QED) is 0.675. The Hall–Kier alpha value is -2.58. The van der Waals surface area contributed by atoms with Crippen LogP contribution in [-0.2, 0) is 13.1 Å². The van der Waals surface area contributed by atoms with Crippen LogP contribution in [0.2, 0.25) is 0 Å². The van der Waals surface area contributed by atoms with Crippen molar-refractivity contribution in [3.63, 3.8) is 0 Å². The summed E-state index contributed by atoms with van der Waals surface area (Å²) in [6.07, 6.45) is 0. The summed E-state index contributed by atoms with van der Waals surface area (Å²) in [4.78, 5) is 29.3. The van der Waals surface area contributed by atoms with Gasteiger partial charge in [-0.15, -0.1) is 0 Å². The minimum absolute atomic E-state index is 0.0764. The van der Waals surface area contributed by atoms with Crippen LogP contribution in [0.4, 0.5) is 11.5 Å². The summed E-state index contributed by atoms with van der Waals surface area (Å²) in [7, 11) is 0. The number of rotatable bonds is 4. The third-order valence-corrected chi connectivity index (χ3v) is 2.54. The largest absolute Gasteiger partial charge is 0.383 e. The average Bonchev–Trinajstić information content (AvgIpc) is 2.75. The standard InChI is InChI=1S/C10H14N6O3/c1-3-16-8(11)7(9(17)14-10(16)18)12-4-6-13-5(2)15-19-6/h12H,3-4,11H2,1-2H3,(H,14,17,18). The maximum atomic E-state index is 11.7. The molecule has 0 aromatic carbocycles. The molecule has 9 nitrogen and oxygen atoms in total. The fraction of sp³-hybridized carbons (Fsp3) is 0.400. The van der Waals surface area contributed by atoms with Gasteiger partial charge in [0.2, 0.25) is 5.89 Å². The first-order chi connectivity index (χ1) is 9.02. The Morgan fingerprint density at radius 3 is 2.79 bits per heavy atom. The van der Waals surface area contributed by atoms with Crippen molar-refractivity contribution in [3.05, 3.63) is 32.6 Å². The summed E-state index contributed by atoms with van der Waals surface area (Å²) in [6, 6.07) is 0. The van der Waals surface area contributed by atoms with E-state index in [0.717, 1.165) is 0 Å². The van der Waals surface area contributed by atoms with Crippen molar-refractivity contribution < 1.29 is 4.52 Å². The lowest BCUT2D eigenvalue weighted by Crippen LogP contribution is -2.33. The molecule has 0 saturated carbocycles. The van der Waals surface area contributed by atoms with Gasteiger partial charge in [-0.25, -0.2) is 4.79 Å². The molecule has 2 aromatic rings. The van der Waals surface area contributed by atoms with Gasteiger partial charge in [0, 0.05) is 6.54 Å². The van der Waals surface area contributed by atoms with E-state index in [-0.39, 0.29) is 18.1 Å². The highest BCUT2D eigenvalue weighted by atomic mass is 16.5. The van der Waals surface area contributed by atoms with Crippen LogP contribution in [0.5, 0.6) is 0 Å². The third-order valence-electron chi connectivity index (χ3n) is 2.54. The van der Waals surface area contributed by atoms with Gasteiger partial charge in [-0.1, -0.05) is 5.16 Å². The van der Waals surface area contributed by atoms with Gasteiger partial charge in [0.15, 0.2) is 5.82 Å². The first kappa shape index (κ1) is 12.9. The number of aromatic nitrogens is 4. The van der Waals surface area contributed by atoms with Gasteiger partial charge in [-0.2, -0.15) is 4.98 Å². The van der Waals surface area contributed by atoms with Crippen LogP contribution < -0.4 is 22.3 Å². The number of aryl methyl sites for hydroxylation is 1. The van der Waals surface area contributed by atoms with Crippen LogP contribution in [-0.4, -0.2) is 19.7 Å². The normalized spacial score (nSPS) is 10.6. The SMILES string of the molecule is CCn1c(N)c(NCc2nc(C)no2)c(=O)[nH]c1=O. The van der Waals surface area contributed by atoms with E-state index < -0.39 is 11.2 Å². The fourth-order valence-electron chi connectivity index (χ4n) is 1.65. The second kappa shape index (κ2) is 4.96. The molecule has 0 fully saturated rings. The van der Waals surface area contributed by atoms with Gasteiger partial charge in [0.05, 0.1) is 6.54 Å². The molecular weight excluding hydrogens is 252 g/mol. The van der Waals surface area contributed by atoms with Crippen LogP contribution in [0.15, 0.2) is 14.1 Å². The zero-order valence-electron chi connectivity index (χ0n) is 10.6. The summed E-state index contributed by atoms with van der Waals surface area (Å²) < 4.78 is 6.15. The van der Waals surface area contributed by atoms with E-state index >= 15 is 0 Å². The maximum absolute atomic E-state index is 11.7. The highest BCUT2D eigenvalue weighted by Gasteiger charge is 2.12. The van der Waals surface area contributed by atoms with Gasteiger partial charge in [-0.3, -0.25) is 14.3 Å². The Morgan fingerprint density at radius 1 is 1.47 bits per heavy atom. The molecule has 0 aliphatic heterocycles. The number of anilines is 2. The Labute approximate surface area is 107 Å². The first-order valence-corrected chi connectivity index (χ1v) is 5.68. The molecule has 2 heterocycles. The molecule has 9 heteroatoms. The predicted octanol–water partition coefficient (Wildman–Crippen LogP) is -0.558. The third kappa shape index (κ3) is 2.49. The smallest absolute Gasteiger partial charge is 0.330 e. The van der Waals surface area contributed by atoms with Gasteiger partial charge in [0.1, 0.15) is 11.5 Å². The van der Waals surface area contributed by atoms with Crippen molar-refractivity contribution >= 4 is 11.5 Å². The molecule has 19 heavy (non-hydrogen) atoms. The highest BCUT2D eigenvalue weighted by molar-refractivity contribution is 5.60. The van der Waals surface area contributed by atoms with Crippen molar-refractivity contribution in [2.75, 3.05) is 11.1 Å². The van der Waals surface area contributed by atoms with Crippen molar-refractivity contribution in [1.29, 1.82) is 0 Å². The fourth-order valence-corrected chi connectivity index (χ4v) is 1.65. The summed E-state index contributed by atoms with van der Waals surface area (Å²) in [6.45, 7) is 3.94. The molecule has 2 rings (SSSR count). The van der Waals surface area contributed by atoms with E-state index in [1.54, 1.807) is 13.8 Å². The summed E-state index contributed by atoms with van der Waals surface area (Å²) >= 11 is 0. The molecular formula is C10H14N6O3. The molecule has 0 saturated heterocycles. The number of nitrogens with zero attached hydrogens (tertiary/aromatic N) is 3. The van der Waals surface area contributed by atoms with Gasteiger partial charge < -0.3 is 15.6 Å². The summed E-state index contributed by atoms with van der Waals surface area (Å²) in [5, 5.41) is 6.41. The molecule has 0 aliphatic carbocycles. The molecule has 0 unspecified atom stereocenters. The van der Waals surface area contributed by atoms with Crippen LogP contribution in [0.3, 0.4) is 0 Å². The molecule has 0 aliphatic rings. The average molecular weight is 266 g/mol. The van der Waals surface area contributed by atoms with Crippen LogP contribution in [0.1, 0.15) is 18.6 Å². The van der Waals surface area contributed by atoms with Crippen LogP contribution in [0.25, 0.3) is 0 Å². The number of aromatic amines is 1. The van der Waals surface area contributed by atoms with E-state index in [2.05, 4.69) is 20.4 Å². The topological polar surface area (TPSA) is 132 Å². The minimum atomic E-state index is -0.580. The Bertz CT molecular complexity index is 698. The number of hydrogen-bond acceptors (Lipinski definition) is 7. The van der Waals surface area contributed by atoms with Gasteiger partial charge >= 0.3 is 5.69 Å². The lowest BCUT2D eigenvalue weighted by molar-refractivity contribution is 0.379. The van der Waals surface area contributed by atoms with Crippen molar-refractivity contribution in [3.8, 4) is 0 Å². The van der Waals surface area contributed by atoms with Crippen molar-refractivity contribution in [1.82, 2.24) is 19.7 Å². The van der Waals surface area contributed by atoms with Gasteiger partial charge in [-0.05, 0) is 13.8 Å². The van der Waals surface area contributed by atoms with Crippen LogP contribution >= 0.6 is 0 Å². The summed E-state index contributed by atoms with van der Waals surface area (Å²) in [5.41, 5.74) is 4.77. The van der Waals surface area contributed by atoms with Crippen molar-refractivity contribution in [2.24, 2.45) is 0 Å². The van der Waals surface area contributed by atoms with E-state index in [4.69, 9.17) is 10.3 Å². The summed E-state index contributed by atoms with van der Waals surface area (Å²) in [5.74, 6) is 0.898. The Morgan fingerprint density at radius 2 is 2.21 bits per heavy atom. The number of H-pyrrole nitrogens is 1. The number of nitrogens with one attached hydrogen (secondary N) is 2. The molecule has 0 atom stereocenters. The Balaban J connectivity index is 2.30. The zero-order valence-corrected chi connectivity index (χ0v) is 10.6. The molecule has 0 spiro atoms. The maximum Gasteiger partial charge on any atom is 0.330 e. The molecule has 4 N–H and O–H groups in total. The second-order valence-electron chi connectivity index (χ2n) is 3.85. The second-order valence-corrected chi connectivity index (χ2v) is 3.85. The van der Waals surface area contributed by atoms with Crippen molar-refractivity contribution in [2.45, 2.75) is 26.9 Å². The monoisotopic (exact) mass is 266 g/mol.